The molecule has 1 saturated carbocycles. The summed E-state index contributed by atoms with van der Waals surface area (Å²) in [6.45, 7) is 5.63. The third-order valence-electron chi connectivity index (χ3n) is 6.24. The number of esters is 2. The number of benzene rings is 1. The normalized spacial score (nSPS) is 30.4. The third-order valence-corrected chi connectivity index (χ3v) is 6.24. The van der Waals surface area contributed by atoms with Gasteiger partial charge >= 0.3 is 11.9 Å². The number of rotatable bonds is 4. The topological polar surface area (TPSA) is 107 Å². The number of carbonyl (C=O) groups is 4. The largest absolute Gasteiger partial charge is 0.508 e. The van der Waals surface area contributed by atoms with E-state index in [0.29, 0.717) is 11.1 Å². The fourth-order valence-electron chi connectivity index (χ4n) is 4.90. The molecule has 3 aliphatic rings. The van der Waals surface area contributed by atoms with Gasteiger partial charge in [0.1, 0.15) is 24.2 Å². The minimum absolute atomic E-state index is 0.00954. The van der Waals surface area contributed by atoms with Gasteiger partial charge in [0, 0.05) is 35.8 Å². The lowest BCUT2D eigenvalue weighted by molar-refractivity contribution is -0.152. The van der Waals surface area contributed by atoms with E-state index in [2.05, 4.69) is 6.58 Å². The van der Waals surface area contributed by atoms with E-state index in [-0.39, 0.29) is 36.4 Å². The smallest absolute Gasteiger partial charge is 0.334 e. The van der Waals surface area contributed by atoms with Gasteiger partial charge in [0.25, 0.3) is 0 Å². The molecule has 30 heavy (non-hydrogen) atoms. The van der Waals surface area contributed by atoms with Crippen molar-refractivity contribution in [2.45, 2.75) is 38.4 Å². The van der Waals surface area contributed by atoms with Gasteiger partial charge in [-0.15, -0.1) is 0 Å². The first-order chi connectivity index (χ1) is 14.3. The van der Waals surface area contributed by atoms with Crippen LogP contribution in [0, 0.1) is 17.8 Å². The number of aromatic hydroxyl groups is 1. The molecule has 0 aromatic heterocycles. The van der Waals surface area contributed by atoms with Crippen molar-refractivity contribution in [1.82, 2.24) is 0 Å². The molecule has 1 aromatic rings. The van der Waals surface area contributed by atoms with Crippen molar-refractivity contribution in [2.75, 3.05) is 0 Å². The van der Waals surface area contributed by atoms with Crippen molar-refractivity contribution in [3.8, 4) is 5.75 Å². The highest BCUT2D eigenvalue weighted by molar-refractivity contribution is 6.02. The van der Waals surface area contributed by atoms with Crippen LogP contribution in [0.5, 0.6) is 5.75 Å². The van der Waals surface area contributed by atoms with Crippen LogP contribution in [-0.4, -0.2) is 41.3 Å². The molecule has 0 amide bonds. The van der Waals surface area contributed by atoms with Gasteiger partial charge in [-0.3, -0.25) is 9.59 Å². The van der Waals surface area contributed by atoms with Crippen molar-refractivity contribution >= 4 is 24.0 Å². The predicted octanol–water partition coefficient (Wildman–Crippen LogP) is 2.07. The van der Waals surface area contributed by atoms with Crippen molar-refractivity contribution in [2.24, 2.45) is 17.8 Å². The Morgan fingerprint density at radius 1 is 1.23 bits per heavy atom. The number of phenols is 1. The molecular weight excluding hydrogens is 388 g/mol. The summed E-state index contributed by atoms with van der Waals surface area (Å²) in [6.07, 6.45) is -0.390. The molecule has 1 saturated heterocycles. The Morgan fingerprint density at radius 2 is 1.93 bits per heavy atom. The van der Waals surface area contributed by atoms with E-state index in [1.807, 2.05) is 0 Å². The summed E-state index contributed by atoms with van der Waals surface area (Å²) in [5, 5.41) is 9.38. The van der Waals surface area contributed by atoms with Gasteiger partial charge in [-0.1, -0.05) is 24.3 Å². The summed E-state index contributed by atoms with van der Waals surface area (Å²) < 4.78 is 11.3. The van der Waals surface area contributed by atoms with Crippen LogP contribution in [0.1, 0.15) is 25.3 Å². The second-order valence-electron chi connectivity index (χ2n) is 8.14. The summed E-state index contributed by atoms with van der Waals surface area (Å²) >= 11 is 0. The molecule has 5 atom stereocenters. The molecule has 1 aromatic carbocycles. The zero-order chi connectivity index (χ0) is 21.6. The van der Waals surface area contributed by atoms with E-state index >= 15 is 0 Å². The maximum absolute atomic E-state index is 12.6. The lowest BCUT2D eigenvalue weighted by Crippen LogP contribution is -2.37. The molecule has 1 aliphatic heterocycles. The van der Waals surface area contributed by atoms with E-state index < -0.39 is 41.9 Å². The zero-order valence-electron chi connectivity index (χ0n) is 16.5. The highest BCUT2D eigenvalue weighted by Crippen LogP contribution is 2.49. The molecule has 0 radical (unpaired) electrons. The van der Waals surface area contributed by atoms with Gasteiger partial charge in [-0.2, -0.15) is 0 Å². The lowest BCUT2D eigenvalue weighted by atomic mass is 9.80. The number of Topliss-reactive ketones (excluding diaryl/α,β-unsaturated/α-hetero) is 1. The molecule has 156 valence electrons. The molecular formula is C23H22O7. The number of ketones is 1. The summed E-state index contributed by atoms with van der Waals surface area (Å²) in [4.78, 5) is 49.1. The van der Waals surface area contributed by atoms with Crippen molar-refractivity contribution in [3.05, 3.63) is 53.1 Å². The molecule has 0 bridgehead atoms. The predicted molar refractivity (Wildman–Crippen MR) is 104 cm³/mol. The number of aldehydes is 1. The monoisotopic (exact) mass is 410 g/mol. The number of hydrogen-bond donors (Lipinski definition) is 1. The Balaban J connectivity index is 1.63. The van der Waals surface area contributed by atoms with Crippen LogP contribution in [0.25, 0.3) is 0 Å². The fourth-order valence-corrected chi connectivity index (χ4v) is 4.90. The van der Waals surface area contributed by atoms with E-state index in [9.17, 15) is 24.3 Å². The molecule has 2 fully saturated rings. The number of fused-ring (bicyclic) bond motifs is 3. The van der Waals surface area contributed by atoms with Crippen LogP contribution in [-0.2, 0) is 35.1 Å². The maximum atomic E-state index is 12.6. The first-order valence-corrected chi connectivity index (χ1v) is 9.85. The molecule has 0 spiro atoms. The molecule has 7 nitrogen and oxygen atoms in total. The standard InChI is InChI=1S/C23H22O7/c1-11-7-17(29-18(27)8-13-3-5-15(25)6-4-13)20-12(2)23(28)30-22(20)21-14(10-24)9-16(26)19(11)21/h3-6,10,14,17,20-22,25H,2,7-9H2,1H3. The number of phenolic OH excluding ortho intramolecular Hbond substituents is 1. The highest BCUT2D eigenvalue weighted by Gasteiger charge is 2.56. The van der Waals surface area contributed by atoms with E-state index in [1.165, 1.54) is 12.1 Å². The average Bonchev–Trinajstić information content (AvgIpc) is 3.15. The van der Waals surface area contributed by atoms with Crippen LogP contribution in [0.15, 0.2) is 47.6 Å². The Hall–Kier alpha value is -3.22. The first-order valence-electron chi connectivity index (χ1n) is 9.85. The van der Waals surface area contributed by atoms with Gasteiger partial charge in [0.2, 0.25) is 0 Å². The quantitative estimate of drug-likeness (QED) is 0.460. The van der Waals surface area contributed by atoms with Crippen LogP contribution in [0.3, 0.4) is 0 Å². The minimum Gasteiger partial charge on any atom is -0.508 e. The molecule has 1 heterocycles. The molecule has 5 unspecified atom stereocenters. The third kappa shape index (κ3) is 3.34. The van der Waals surface area contributed by atoms with Gasteiger partial charge in [-0.05, 0) is 24.6 Å². The number of carbonyl (C=O) groups excluding carboxylic acids is 4. The van der Waals surface area contributed by atoms with Crippen molar-refractivity contribution in [3.63, 3.8) is 0 Å². The van der Waals surface area contributed by atoms with Crippen molar-refractivity contribution < 1.29 is 33.8 Å². The number of ether oxygens (including phenoxy) is 2. The van der Waals surface area contributed by atoms with E-state index in [1.54, 1.807) is 19.1 Å². The Labute approximate surface area is 173 Å². The average molecular weight is 410 g/mol. The second-order valence-corrected chi connectivity index (χ2v) is 8.14. The fraction of sp³-hybridized carbons (Fsp3) is 0.391. The summed E-state index contributed by atoms with van der Waals surface area (Å²) in [5.74, 6) is -2.85. The Kier molecular flexibility index (Phi) is 5.05. The van der Waals surface area contributed by atoms with Crippen LogP contribution in [0.4, 0.5) is 0 Å². The first kappa shape index (κ1) is 20.1. The van der Waals surface area contributed by atoms with Crippen LogP contribution >= 0.6 is 0 Å². The summed E-state index contributed by atoms with van der Waals surface area (Å²) in [6, 6.07) is 6.21. The number of hydrogen-bond acceptors (Lipinski definition) is 7. The molecule has 7 heteroatoms. The molecule has 4 rings (SSSR count). The highest BCUT2D eigenvalue weighted by atomic mass is 16.6. The molecule has 1 N–H and O–H groups in total. The van der Waals surface area contributed by atoms with Crippen LogP contribution < -0.4 is 0 Å². The van der Waals surface area contributed by atoms with Gasteiger partial charge < -0.3 is 19.4 Å². The molecule has 2 aliphatic carbocycles. The van der Waals surface area contributed by atoms with Crippen molar-refractivity contribution in [1.29, 1.82) is 0 Å². The summed E-state index contributed by atoms with van der Waals surface area (Å²) in [5.41, 5.74) is 2.13. The Morgan fingerprint density at radius 3 is 2.60 bits per heavy atom. The lowest BCUT2D eigenvalue weighted by Gasteiger charge is -2.28. The Bertz CT molecular complexity index is 972. The SMILES string of the molecule is C=C1C(=O)OC2C3C(=C(C)CC(OC(=O)Cc4ccc(O)cc4)C12)C(=O)CC3C=O. The van der Waals surface area contributed by atoms with E-state index in [4.69, 9.17) is 9.47 Å². The minimum atomic E-state index is -0.759. The van der Waals surface area contributed by atoms with Gasteiger partial charge in [0.15, 0.2) is 5.78 Å². The van der Waals surface area contributed by atoms with Crippen LogP contribution in [0.2, 0.25) is 0 Å². The van der Waals surface area contributed by atoms with E-state index in [0.717, 1.165) is 11.9 Å². The van der Waals surface area contributed by atoms with Gasteiger partial charge in [0.05, 0.1) is 12.3 Å². The second kappa shape index (κ2) is 7.55. The summed E-state index contributed by atoms with van der Waals surface area (Å²) in [7, 11) is 0. The maximum Gasteiger partial charge on any atom is 0.334 e. The zero-order valence-corrected chi connectivity index (χ0v) is 16.5. The van der Waals surface area contributed by atoms with Gasteiger partial charge in [-0.25, -0.2) is 4.79 Å².